The number of methoxy groups -OCH3 is 1. The molecule has 114 valence electrons. The predicted molar refractivity (Wildman–Crippen MR) is 81.4 cm³/mol. The predicted octanol–water partition coefficient (Wildman–Crippen LogP) is 1.75. The first-order valence-corrected chi connectivity index (χ1v) is 6.62. The van der Waals surface area contributed by atoms with E-state index in [1.54, 1.807) is 12.1 Å². The average Bonchev–Trinajstić information content (AvgIpc) is 2.54. The largest absolute Gasteiger partial charge is 0.494 e. The van der Waals surface area contributed by atoms with Crippen LogP contribution in [0.25, 0.3) is 0 Å². The van der Waals surface area contributed by atoms with Crippen molar-refractivity contribution in [1.29, 1.82) is 0 Å². The van der Waals surface area contributed by atoms with Crippen molar-refractivity contribution in [3.8, 4) is 5.75 Å². The fraction of sp³-hybridized carbons (Fsp3) is 0.143. The lowest BCUT2D eigenvalue weighted by Crippen LogP contribution is -2.22. The Morgan fingerprint density at radius 2 is 2.05 bits per heavy atom. The molecule has 0 fully saturated rings. The molecule has 0 unspecified atom stereocenters. The van der Waals surface area contributed by atoms with Crippen LogP contribution in [-0.2, 0) is 0 Å². The first kappa shape index (κ1) is 15.7. The monoisotopic (exact) mass is 320 g/mol. The lowest BCUT2D eigenvalue weighted by Gasteiger charge is -2.11. The summed E-state index contributed by atoms with van der Waals surface area (Å²) in [5.41, 5.74) is 0.521. The van der Waals surface area contributed by atoms with Gasteiger partial charge in [-0.15, -0.1) is 0 Å². The van der Waals surface area contributed by atoms with Crippen molar-refractivity contribution in [2.45, 2.75) is 0 Å². The van der Waals surface area contributed by atoms with Crippen LogP contribution in [0.15, 0.2) is 30.6 Å². The second kappa shape index (κ2) is 6.86. The zero-order valence-electron chi connectivity index (χ0n) is 11.9. The number of pyridine rings is 2. The average molecular weight is 321 g/mol. The van der Waals surface area contributed by atoms with E-state index in [-0.39, 0.29) is 22.1 Å². The molecular formula is C14H13ClN4O3. The standard InChI is InChI=1S/C14H13ClN4O3/c1-16-13(20)8-7-18-11(15)6-9(8)19-14(21)12-10(22-2)4-3-5-17-12/h3-7H,1-2H3,(H,16,20)(H,18,19,21). The molecule has 2 aromatic heterocycles. The number of nitrogens with zero attached hydrogens (tertiary/aromatic N) is 2. The third-order valence-corrected chi connectivity index (χ3v) is 3.00. The maximum atomic E-state index is 12.3. The number of halogens is 1. The molecule has 8 heteroatoms. The van der Waals surface area contributed by atoms with Crippen LogP contribution >= 0.6 is 11.6 Å². The van der Waals surface area contributed by atoms with Crippen molar-refractivity contribution < 1.29 is 14.3 Å². The number of nitrogens with one attached hydrogen (secondary N) is 2. The second-order valence-corrected chi connectivity index (χ2v) is 4.53. The van der Waals surface area contributed by atoms with Crippen LogP contribution in [0.2, 0.25) is 5.15 Å². The number of ether oxygens (including phenoxy) is 1. The van der Waals surface area contributed by atoms with Gasteiger partial charge in [0.25, 0.3) is 11.8 Å². The molecule has 0 saturated carbocycles. The van der Waals surface area contributed by atoms with Crippen LogP contribution in [-0.4, -0.2) is 35.9 Å². The molecule has 0 aromatic carbocycles. The molecule has 0 radical (unpaired) electrons. The number of amides is 2. The topological polar surface area (TPSA) is 93.2 Å². The summed E-state index contributed by atoms with van der Waals surface area (Å²) >= 11 is 5.82. The van der Waals surface area contributed by atoms with E-state index in [0.29, 0.717) is 5.75 Å². The number of carbonyl (C=O) groups is 2. The van der Waals surface area contributed by atoms with E-state index in [1.807, 2.05) is 0 Å². The minimum atomic E-state index is -0.523. The maximum absolute atomic E-state index is 12.3. The van der Waals surface area contributed by atoms with Crippen LogP contribution in [0.5, 0.6) is 5.75 Å². The number of aromatic nitrogens is 2. The molecule has 7 nitrogen and oxygen atoms in total. The van der Waals surface area contributed by atoms with Crippen molar-refractivity contribution in [2.24, 2.45) is 0 Å². The molecule has 0 spiro atoms. The Labute approximate surface area is 131 Å². The fourth-order valence-electron chi connectivity index (χ4n) is 1.76. The zero-order chi connectivity index (χ0) is 16.1. The van der Waals surface area contributed by atoms with E-state index < -0.39 is 11.8 Å². The van der Waals surface area contributed by atoms with Gasteiger partial charge in [0, 0.05) is 19.4 Å². The van der Waals surface area contributed by atoms with Crippen LogP contribution < -0.4 is 15.4 Å². The van der Waals surface area contributed by atoms with E-state index >= 15 is 0 Å². The fourth-order valence-corrected chi connectivity index (χ4v) is 1.91. The van der Waals surface area contributed by atoms with Crippen LogP contribution in [0.1, 0.15) is 20.8 Å². The quantitative estimate of drug-likeness (QED) is 0.837. The van der Waals surface area contributed by atoms with Crippen molar-refractivity contribution in [3.63, 3.8) is 0 Å². The molecule has 0 bridgehead atoms. The van der Waals surface area contributed by atoms with Gasteiger partial charge >= 0.3 is 0 Å². The molecule has 2 amide bonds. The highest BCUT2D eigenvalue weighted by Crippen LogP contribution is 2.21. The van der Waals surface area contributed by atoms with Gasteiger partial charge in [-0.3, -0.25) is 9.59 Å². The highest BCUT2D eigenvalue weighted by atomic mass is 35.5. The Kier molecular flexibility index (Phi) is 4.90. The van der Waals surface area contributed by atoms with E-state index in [0.717, 1.165) is 0 Å². The Morgan fingerprint density at radius 1 is 1.27 bits per heavy atom. The van der Waals surface area contributed by atoms with Gasteiger partial charge in [-0.1, -0.05) is 11.6 Å². The summed E-state index contributed by atoms with van der Waals surface area (Å²) in [4.78, 5) is 31.9. The lowest BCUT2D eigenvalue weighted by molar-refractivity contribution is 0.0963. The maximum Gasteiger partial charge on any atom is 0.278 e. The molecule has 0 aliphatic heterocycles. The SMILES string of the molecule is CNC(=O)c1cnc(Cl)cc1NC(=O)c1ncccc1OC. The first-order chi connectivity index (χ1) is 10.6. The molecule has 0 aliphatic carbocycles. The Bertz CT molecular complexity index is 721. The smallest absolute Gasteiger partial charge is 0.278 e. The molecule has 0 atom stereocenters. The summed E-state index contributed by atoms with van der Waals surface area (Å²) in [6, 6.07) is 4.65. The minimum absolute atomic E-state index is 0.0980. The highest BCUT2D eigenvalue weighted by molar-refractivity contribution is 6.30. The molecule has 0 saturated heterocycles. The Balaban J connectivity index is 2.36. The normalized spacial score (nSPS) is 9.95. The van der Waals surface area contributed by atoms with E-state index in [1.165, 1.54) is 32.6 Å². The number of hydrogen-bond donors (Lipinski definition) is 2. The molecule has 2 N–H and O–H groups in total. The number of hydrogen-bond acceptors (Lipinski definition) is 5. The number of rotatable bonds is 4. The van der Waals surface area contributed by atoms with Gasteiger partial charge in [-0.2, -0.15) is 0 Å². The van der Waals surface area contributed by atoms with Gasteiger partial charge in [-0.05, 0) is 18.2 Å². The molecule has 2 rings (SSSR count). The summed E-state index contributed by atoms with van der Waals surface area (Å²) in [5, 5.41) is 5.20. The van der Waals surface area contributed by atoms with Crippen LogP contribution in [0, 0.1) is 0 Å². The minimum Gasteiger partial charge on any atom is -0.494 e. The molecule has 2 heterocycles. The molecular weight excluding hydrogens is 308 g/mol. The van der Waals surface area contributed by atoms with Crippen molar-refractivity contribution in [2.75, 3.05) is 19.5 Å². The number of anilines is 1. The first-order valence-electron chi connectivity index (χ1n) is 6.24. The van der Waals surface area contributed by atoms with Crippen molar-refractivity contribution in [1.82, 2.24) is 15.3 Å². The van der Waals surface area contributed by atoms with Crippen molar-refractivity contribution in [3.05, 3.63) is 47.0 Å². The van der Waals surface area contributed by atoms with E-state index in [9.17, 15) is 9.59 Å². The second-order valence-electron chi connectivity index (χ2n) is 4.14. The summed E-state index contributed by atoms with van der Waals surface area (Å²) < 4.78 is 5.09. The zero-order valence-corrected chi connectivity index (χ0v) is 12.6. The van der Waals surface area contributed by atoms with Gasteiger partial charge in [0.15, 0.2) is 5.69 Å². The highest BCUT2D eigenvalue weighted by Gasteiger charge is 2.18. The van der Waals surface area contributed by atoms with Gasteiger partial charge in [0.05, 0.1) is 18.4 Å². The van der Waals surface area contributed by atoms with E-state index in [2.05, 4.69) is 20.6 Å². The number of carbonyl (C=O) groups excluding carboxylic acids is 2. The van der Waals surface area contributed by atoms with Gasteiger partial charge in [-0.25, -0.2) is 9.97 Å². The summed E-state index contributed by atoms with van der Waals surface area (Å²) in [6.07, 6.45) is 2.75. The third-order valence-electron chi connectivity index (χ3n) is 2.80. The third kappa shape index (κ3) is 3.32. The molecule has 0 aliphatic rings. The molecule has 22 heavy (non-hydrogen) atoms. The van der Waals surface area contributed by atoms with Crippen LogP contribution in [0.3, 0.4) is 0 Å². The van der Waals surface area contributed by atoms with Crippen molar-refractivity contribution >= 4 is 29.1 Å². The van der Waals surface area contributed by atoms with Crippen LogP contribution in [0.4, 0.5) is 5.69 Å². The van der Waals surface area contributed by atoms with Gasteiger partial charge in [0.2, 0.25) is 0 Å². The summed E-state index contributed by atoms with van der Waals surface area (Å²) in [5.74, 6) is -0.598. The summed E-state index contributed by atoms with van der Waals surface area (Å²) in [7, 11) is 2.91. The molecule has 2 aromatic rings. The Morgan fingerprint density at radius 3 is 2.73 bits per heavy atom. The van der Waals surface area contributed by atoms with E-state index in [4.69, 9.17) is 16.3 Å². The van der Waals surface area contributed by atoms with Gasteiger partial charge in [0.1, 0.15) is 10.9 Å². The van der Waals surface area contributed by atoms with Gasteiger partial charge < -0.3 is 15.4 Å². The lowest BCUT2D eigenvalue weighted by atomic mass is 10.2. The Hall–Kier alpha value is -2.67. The summed E-state index contributed by atoms with van der Waals surface area (Å²) in [6.45, 7) is 0.